The third kappa shape index (κ3) is 6.40. The highest BCUT2D eigenvalue weighted by molar-refractivity contribution is 6.35. The summed E-state index contributed by atoms with van der Waals surface area (Å²) in [5, 5.41) is 14.0. The summed E-state index contributed by atoms with van der Waals surface area (Å²) in [7, 11) is 0. The van der Waals surface area contributed by atoms with Crippen LogP contribution in [0, 0.1) is 11.3 Å². The lowest BCUT2D eigenvalue weighted by molar-refractivity contribution is -0.112. The van der Waals surface area contributed by atoms with Crippen LogP contribution in [0.25, 0.3) is 6.08 Å². The molecule has 0 atom stereocenters. The van der Waals surface area contributed by atoms with E-state index in [1.807, 2.05) is 6.07 Å². The quantitative estimate of drug-likeness (QED) is 0.288. The molecular formula is C23H14Cl4N2O2. The highest BCUT2D eigenvalue weighted by atomic mass is 35.5. The molecule has 1 N–H and O–H groups in total. The molecule has 0 radical (unpaired) electrons. The lowest BCUT2D eigenvalue weighted by atomic mass is 10.1. The van der Waals surface area contributed by atoms with Crippen LogP contribution >= 0.6 is 46.4 Å². The first-order valence-electron chi connectivity index (χ1n) is 8.90. The van der Waals surface area contributed by atoms with Crippen LogP contribution in [0.1, 0.15) is 11.1 Å². The van der Waals surface area contributed by atoms with E-state index >= 15 is 0 Å². The molecule has 0 aliphatic carbocycles. The van der Waals surface area contributed by atoms with Crippen molar-refractivity contribution in [3.8, 4) is 11.8 Å². The van der Waals surface area contributed by atoms with Crippen LogP contribution in [0.15, 0.2) is 66.2 Å². The molecule has 0 spiro atoms. The molecule has 3 rings (SSSR count). The van der Waals surface area contributed by atoms with Crippen LogP contribution in [0.5, 0.6) is 5.75 Å². The summed E-state index contributed by atoms with van der Waals surface area (Å²) >= 11 is 24.2. The number of benzene rings is 3. The molecule has 0 bridgehead atoms. The molecule has 0 aliphatic rings. The Morgan fingerprint density at radius 3 is 2.39 bits per heavy atom. The molecule has 0 heterocycles. The van der Waals surface area contributed by atoms with Crippen molar-refractivity contribution >= 4 is 64.1 Å². The SMILES string of the molecule is N#C/C(=C\c1cc(Cl)ccc1OCc1ccc(Cl)cc1Cl)C(=O)Nc1cccc(Cl)c1. The van der Waals surface area contributed by atoms with Crippen molar-refractivity contribution in [2.45, 2.75) is 6.61 Å². The maximum atomic E-state index is 12.6. The number of halogens is 4. The molecule has 3 aromatic rings. The van der Waals surface area contributed by atoms with Crippen LogP contribution in [-0.4, -0.2) is 5.91 Å². The molecule has 4 nitrogen and oxygen atoms in total. The topological polar surface area (TPSA) is 62.1 Å². The first-order chi connectivity index (χ1) is 14.9. The van der Waals surface area contributed by atoms with Crippen molar-refractivity contribution in [3.63, 3.8) is 0 Å². The van der Waals surface area contributed by atoms with Gasteiger partial charge in [0.15, 0.2) is 0 Å². The summed E-state index contributed by atoms with van der Waals surface area (Å²) in [6.07, 6.45) is 1.41. The maximum Gasteiger partial charge on any atom is 0.266 e. The Balaban J connectivity index is 1.84. The highest BCUT2D eigenvalue weighted by Gasteiger charge is 2.13. The molecular weight excluding hydrogens is 478 g/mol. The summed E-state index contributed by atoms with van der Waals surface area (Å²) in [6, 6.07) is 18.5. The van der Waals surface area contributed by atoms with Gasteiger partial charge in [0.05, 0.1) is 0 Å². The van der Waals surface area contributed by atoms with Gasteiger partial charge >= 0.3 is 0 Å². The fourth-order valence-corrected chi connectivity index (χ4v) is 3.46. The average molecular weight is 492 g/mol. The monoisotopic (exact) mass is 490 g/mol. The molecule has 0 fully saturated rings. The Hall–Kier alpha value is -2.68. The van der Waals surface area contributed by atoms with E-state index < -0.39 is 5.91 Å². The minimum atomic E-state index is -0.587. The number of amides is 1. The van der Waals surface area contributed by atoms with Crippen molar-refractivity contribution < 1.29 is 9.53 Å². The second kappa shape index (κ2) is 10.6. The molecule has 8 heteroatoms. The standard InChI is InChI=1S/C23H14Cl4N2O2/c24-17-2-1-3-20(10-17)29-23(30)16(12-28)8-15-9-18(25)6-7-22(15)31-13-14-4-5-19(26)11-21(14)27/h1-11H,13H2,(H,29,30)/b16-8+. The Bertz CT molecular complexity index is 1200. The van der Waals surface area contributed by atoms with Crippen molar-refractivity contribution in [1.29, 1.82) is 5.26 Å². The molecule has 156 valence electrons. The number of hydrogen-bond acceptors (Lipinski definition) is 3. The van der Waals surface area contributed by atoms with Gasteiger partial charge in [-0.2, -0.15) is 5.26 Å². The smallest absolute Gasteiger partial charge is 0.266 e. The van der Waals surface area contributed by atoms with E-state index in [4.69, 9.17) is 51.1 Å². The number of nitrogens with one attached hydrogen (secondary N) is 1. The van der Waals surface area contributed by atoms with E-state index in [0.717, 1.165) is 5.56 Å². The molecule has 31 heavy (non-hydrogen) atoms. The van der Waals surface area contributed by atoms with E-state index in [0.29, 0.717) is 37.1 Å². The molecule has 0 saturated heterocycles. The van der Waals surface area contributed by atoms with E-state index in [1.54, 1.807) is 60.7 Å². The second-order valence-corrected chi connectivity index (χ2v) is 8.06. The van der Waals surface area contributed by atoms with Gasteiger partial charge in [0, 0.05) is 36.9 Å². The zero-order valence-electron chi connectivity index (χ0n) is 15.8. The Morgan fingerprint density at radius 2 is 1.68 bits per heavy atom. The summed E-state index contributed by atoms with van der Waals surface area (Å²) < 4.78 is 5.87. The number of carbonyl (C=O) groups is 1. The van der Waals surface area contributed by atoms with Crippen LogP contribution in [-0.2, 0) is 11.4 Å². The lowest BCUT2D eigenvalue weighted by Gasteiger charge is -2.12. The fraction of sp³-hybridized carbons (Fsp3) is 0.0435. The Kier molecular flexibility index (Phi) is 7.84. The fourth-order valence-electron chi connectivity index (χ4n) is 2.63. The molecule has 0 saturated carbocycles. The second-order valence-electron chi connectivity index (χ2n) is 6.34. The number of carbonyl (C=O) groups excluding carboxylic acids is 1. The van der Waals surface area contributed by atoms with E-state index in [1.165, 1.54) is 6.08 Å². The summed E-state index contributed by atoms with van der Waals surface area (Å²) in [5.74, 6) is -0.157. The van der Waals surface area contributed by atoms with Gasteiger partial charge in [-0.15, -0.1) is 0 Å². The van der Waals surface area contributed by atoms with Gasteiger partial charge in [0.1, 0.15) is 24.0 Å². The molecule has 0 aliphatic heterocycles. The molecule has 1 amide bonds. The maximum absolute atomic E-state index is 12.6. The van der Waals surface area contributed by atoms with Crippen molar-refractivity contribution in [1.82, 2.24) is 0 Å². The van der Waals surface area contributed by atoms with Gasteiger partial charge in [-0.1, -0.05) is 58.5 Å². The number of nitriles is 1. The van der Waals surface area contributed by atoms with Gasteiger partial charge < -0.3 is 10.1 Å². The number of anilines is 1. The van der Waals surface area contributed by atoms with Gasteiger partial charge in [-0.05, 0) is 54.6 Å². The van der Waals surface area contributed by atoms with Gasteiger partial charge in [-0.25, -0.2) is 0 Å². The number of nitrogens with zero attached hydrogens (tertiary/aromatic N) is 1. The largest absolute Gasteiger partial charge is 0.488 e. The average Bonchev–Trinajstić information content (AvgIpc) is 2.72. The van der Waals surface area contributed by atoms with Crippen molar-refractivity contribution in [3.05, 3.63) is 97.5 Å². The van der Waals surface area contributed by atoms with Crippen molar-refractivity contribution in [2.75, 3.05) is 5.32 Å². The first kappa shape index (κ1) is 23.0. The number of ether oxygens (including phenoxy) is 1. The summed E-state index contributed by atoms with van der Waals surface area (Å²) in [6.45, 7) is 0.162. The van der Waals surface area contributed by atoms with Crippen LogP contribution in [0.4, 0.5) is 5.69 Å². The summed E-state index contributed by atoms with van der Waals surface area (Å²) in [5.41, 5.74) is 1.54. The molecule has 0 aromatic heterocycles. The Labute approximate surface area is 199 Å². The predicted molar refractivity (Wildman–Crippen MR) is 126 cm³/mol. The zero-order valence-corrected chi connectivity index (χ0v) is 18.9. The van der Waals surface area contributed by atoms with Crippen LogP contribution < -0.4 is 10.1 Å². The van der Waals surface area contributed by atoms with Crippen molar-refractivity contribution in [2.24, 2.45) is 0 Å². The van der Waals surface area contributed by atoms with Crippen LogP contribution in [0.3, 0.4) is 0 Å². The summed E-state index contributed by atoms with van der Waals surface area (Å²) in [4.78, 5) is 12.6. The van der Waals surface area contributed by atoms with Gasteiger partial charge in [0.2, 0.25) is 0 Å². The lowest BCUT2D eigenvalue weighted by Crippen LogP contribution is -2.13. The first-order valence-corrected chi connectivity index (χ1v) is 10.4. The van der Waals surface area contributed by atoms with Crippen LogP contribution in [0.2, 0.25) is 20.1 Å². The number of hydrogen-bond donors (Lipinski definition) is 1. The zero-order chi connectivity index (χ0) is 22.4. The van der Waals surface area contributed by atoms with E-state index in [2.05, 4.69) is 5.32 Å². The predicted octanol–water partition coefficient (Wildman–Crippen LogP) is 7.42. The molecule has 3 aromatic carbocycles. The number of rotatable bonds is 6. The normalized spacial score (nSPS) is 11.0. The molecule has 0 unspecified atom stereocenters. The van der Waals surface area contributed by atoms with E-state index in [-0.39, 0.29) is 12.2 Å². The van der Waals surface area contributed by atoms with Gasteiger partial charge in [0.25, 0.3) is 5.91 Å². The highest BCUT2D eigenvalue weighted by Crippen LogP contribution is 2.28. The third-order valence-electron chi connectivity index (χ3n) is 4.12. The van der Waals surface area contributed by atoms with Gasteiger partial charge in [-0.3, -0.25) is 4.79 Å². The van der Waals surface area contributed by atoms with E-state index in [9.17, 15) is 10.1 Å². The minimum Gasteiger partial charge on any atom is -0.488 e. The third-order valence-corrected chi connectivity index (χ3v) is 5.17. The Morgan fingerprint density at radius 1 is 0.968 bits per heavy atom. The minimum absolute atomic E-state index is 0.128.